The van der Waals surface area contributed by atoms with Crippen LogP contribution in [0.2, 0.25) is 0 Å². The summed E-state index contributed by atoms with van der Waals surface area (Å²) in [5.74, 6) is 0.782. The van der Waals surface area contributed by atoms with Gasteiger partial charge in [0.15, 0.2) is 5.82 Å². The molecule has 3 rings (SSSR count). The van der Waals surface area contributed by atoms with Gasteiger partial charge in [0.25, 0.3) is 0 Å². The number of benzene rings is 1. The lowest BCUT2D eigenvalue weighted by Crippen LogP contribution is -2.03. The summed E-state index contributed by atoms with van der Waals surface area (Å²) in [6.07, 6.45) is 5.19. The molecule has 1 N–H and O–H groups in total. The van der Waals surface area contributed by atoms with Crippen molar-refractivity contribution in [1.82, 2.24) is 15.0 Å². The number of pyridine rings is 1. The molecule has 0 radical (unpaired) electrons. The smallest absolute Gasteiger partial charge is 0.152 e. The highest BCUT2D eigenvalue weighted by atomic mass is 79.9. The number of rotatable bonds is 3. The maximum absolute atomic E-state index is 4.49. The first kappa shape index (κ1) is 13.0. The van der Waals surface area contributed by atoms with Gasteiger partial charge in [-0.3, -0.25) is 9.97 Å². The van der Waals surface area contributed by atoms with Crippen LogP contribution in [0.5, 0.6) is 0 Å². The molecule has 0 aliphatic rings. The third-order valence-corrected chi connectivity index (χ3v) is 3.71. The Balaban J connectivity index is 2.28. The van der Waals surface area contributed by atoms with Crippen molar-refractivity contribution in [3.63, 3.8) is 0 Å². The molecule has 0 aliphatic heterocycles. The molecular weight excluding hydrogens is 316 g/mol. The number of nitrogens with zero attached hydrogens (tertiary/aromatic N) is 3. The van der Waals surface area contributed by atoms with Crippen molar-refractivity contribution in [2.45, 2.75) is 6.92 Å². The lowest BCUT2D eigenvalue weighted by atomic mass is 10.1. The van der Waals surface area contributed by atoms with Crippen molar-refractivity contribution in [3.8, 4) is 11.3 Å². The van der Waals surface area contributed by atoms with Gasteiger partial charge in [0, 0.05) is 40.6 Å². The van der Waals surface area contributed by atoms with Crippen LogP contribution in [-0.4, -0.2) is 21.5 Å². The molecule has 5 heteroatoms. The van der Waals surface area contributed by atoms with Crippen molar-refractivity contribution in [1.29, 1.82) is 0 Å². The lowest BCUT2D eigenvalue weighted by molar-refractivity contribution is 1.12. The molecule has 4 nitrogen and oxygen atoms in total. The van der Waals surface area contributed by atoms with E-state index in [4.69, 9.17) is 0 Å². The van der Waals surface area contributed by atoms with E-state index in [-0.39, 0.29) is 0 Å². The van der Waals surface area contributed by atoms with Crippen molar-refractivity contribution >= 4 is 32.7 Å². The molecule has 100 valence electrons. The average molecular weight is 329 g/mol. The predicted octanol–water partition coefficient (Wildman–Crippen LogP) is 3.89. The largest absolute Gasteiger partial charge is 0.369 e. The highest BCUT2D eigenvalue weighted by molar-refractivity contribution is 9.10. The van der Waals surface area contributed by atoms with E-state index in [2.05, 4.69) is 36.2 Å². The molecule has 0 saturated heterocycles. The Hall–Kier alpha value is -2.01. The molecular formula is C15H13BrN4. The Morgan fingerprint density at radius 2 is 1.90 bits per heavy atom. The van der Waals surface area contributed by atoms with E-state index in [9.17, 15) is 0 Å². The molecule has 0 bridgehead atoms. The molecule has 2 aromatic heterocycles. The zero-order valence-corrected chi connectivity index (χ0v) is 12.6. The Morgan fingerprint density at radius 1 is 1.05 bits per heavy atom. The lowest BCUT2D eigenvalue weighted by Gasteiger charge is -2.11. The summed E-state index contributed by atoms with van der Waals surface area (Å²) < 4.78 is 1.03. The highest BCUT2D eigenvalue weighted by Gasteiger charge is 2.12. The maximum Gasteiger partial charge on any atom is 0.152 e. The van der Waals surface area contributed by atoms with Crippen LogP contribution < -0.4 is 5.32 Å². The summed E-state index contributed by atoms with van der Waals surface area (Å²) in [6.45, 7) is 2.84. The number of aromatic nitrogens is 3. The number of anilines is 1. The number of hydrogen-bond acceptors (Lipinski definition) is 4. The van der Waals surface area contributed by atoms with Crippen LogP contribution in [0.25, 0.3) is 22.2 Å². The first-order valence-electron chi connectivity index (χ1n) is 6.39. The van der Waals surface area contributed by atoms with Crippen LogP contribution >= 0.6 is 15.9 Å². The van der Waals surface area contributed by atoms with Crippen molar-refractivity contribution < 1.29 is 0 Å². The first-order valence-corrected chi connectivity index (χ1v) is 7.19. The van der Waals surface area contributed by atoms with E-state index in [1.165, 1.54) is 0 Å². The van der Waals surface area contributed by atoms with Gasteiger partial charge in [0.05, 0.1) is 5.52 Å². The minimum atomic E-state index is 0.782. The van der Waals surface area contributed by atoms with E-state index in [1.54, 1.807) is 18.6 Å². The number of hydrogen-bond donors (Lipinski definition) is 1. The van der Waals surface area contributed by atoms with Gasteiger partial charge < -0.3 is 5.32 Å². The van der Waals surface area contributed by atoms with Crippen LogP contribution in [0.1, 0.15) is 6.92 Å². The molecule has 20 heavy (non-hydrogen) atoms. The molecule has 0 atom stereocenters. The molecule has 0 spiro atoms. The molecule has 0 fully saturated rings. The topological polar surface area (TPSA) is 50.7 Å². The van der Waals surface area contributed by atoms with E-state index in [1.807, 2.05) is 31.2 Å². The van der Waals surface area contributed by atoms with Crippen molar-refractivity contribution in [2.24, 2.45) is 0 Å². The average Bonchev–Trinajstić information content (AvgIpc) is 2.49. The summed E-state index contributed by atoms with van der Waals surface area (Å²) in [7, 11) is 0. The number of nitrogens with one attached hydrogen (secondary N) is 1. The Kier molecular flexibility index (Phi) is 3.60. The van der Waals surface area contributed by atoms with Gasteiger partial charge >= 0.3 is 0 Å². The zero-order valence-electron chi connectivity index (χ0n) is 11.0. The van der Waals surface area contributed by atoms with Crippen LogP contribution in [0.4, 0.5) is 5.82 Å². The molecule has 1 aromatic carbocycles. The number of fused-ring (bicyclic) bond motifs is 1. The van der Waals surface area contributed by atoms with Crippen LogP contribution in [-0.2, 0) is 0 Å². The summed E-state index contributed by atoms with van der Waals surface area (Å²) in [4.78, 5) is 13.3. The molecule has 0 unspecified atom stereocenters. The van der Waals surface area contributed by atoms with Gasteiger partial charge in [-0.1, -0.05) is 22.0 Å². The van der Waals surface area contributed by atoms with Crippen molar-refractivity contribution in [2.75, 3.05) is 11.9 Å². The standard InChI is InChI=1S/C15H13BrN4/c1-2-17-15-14(19-8-9-20-15)11-5-6-12(16)10-4-3-7-18-13(10)11/h3-9H,2H2,1H3,(H,17,20). The monoisotopic (exact) mass is 328 g/mol. The first-order chi connectivity index (χ1) is 9.81. The molecule has 0 aliphatic carbocycles. The second-order valence-corrected chi connectivity index (χ2v) is 5.13. The predicted molar refractivity (Wildman–Crippen MR) is 84.6 cm³/mol. The number of halogens is 1. The quantitative estimate of drug-likeness (QED) is 0.792. The highest BCUT2D eigenvalue weighted by Crippen LogP contribution is 2.33. The van der Waals surface area contributed by atoms with Gasteiger partial charge in [0.2, 0.25) is 0 Å². The zero-order chi connectivity index (χ0) is 13.9. The van der Waals surface area contributed by atoms with Gasteiger partial charge in [-0.25, -0.2) is 4.98 Å². The van der Waals surface area contributed by atoms with E-state index in [0.29, 0.717) is 0 Å². The summed E-state index contributed by atoms with van der Waals surface area (Å²) >= 11 is 3.56. The molecule has 3 aromatic rings. The van der Waals surface area contributed by atoms with Crippen molar-refractivity contribution in [3.05, 3.63) is 47.3 Å². The SMILES string of the molecule is CCNc1nccnc1-c1ccc(Br)c2cccnc12. The normalized spacial score (nSPS) is 10.7. The summed E-state index contributed by atoms with van der Waals surface area (Å²) in [5.41, 5.74) is 2.72. The van der Waals surface area contributed by atoms with Gasteiger partial charge in [0.1, 0.15) is 5.69 Å². The van der Waals surface area contributed by atoms with Crippen LogP contribution in [0, 0.1) is 0 Å². The molecule has 0 amide bonds. The third-order valence-electron chi connectivity index (χ3n) is 3.01. The summed E-state index contributed by atoms with van der Waals surface area (Å²) in [5, 5.41) is 4.31. The van der Waals surface area contributed by atoms with E-state index in [0.717, 1.165) is 39.0 Å². The van der Waals surface area contributed by atoms with E-state index >= 15 is 0 Å². The van der Waals surface area contributed by atoms with Gasteiger partial charge in [-0.2, -0.15) is 0 Å². The maximum atomic E-state index is 4.49. The summed E-state index contributed by atoms with van der Waals surface area (Å²) in [6, 6.07) is 8.01. The fraction of sp³-hybridized carbons (Fsp3) is 0.133. The van der Waals surface area contributed by atoms with Crippen LogP contribution in [0.15, 0.2) is 47.3 Å². The Labute approximate surface area is 125 Å². The third kappa shape index (κ3) is 2.25. The van der Waals surface area contributed by atoms with Gasteiger partial charge in [-0.15, -0.1) is 0 Å². The Bertz CT molecular complexity index is 758. The fourth-order valence-corrected chi connectivity index (χ4v) is 2.61. The fourth-order valence-electron chi connectivity index (χ4n) is 2.16. The minimum absolute atomic E-state index is 0.782. The second-order valence-electron chi connectivity index (χ2n) is 4.28. The Morgan fingerprint density at radius 3 is 2.75 bits per heavy atom. The second kappa shape index (κ2) is 5.54. The van der Waals surface area contributed by atoms with Gasteiger partial charge in [-0.05, 0) is 25.1 Å². The molecule has 0 saturated carbocycles. The minimum Gasteiger partial charge on any atom is -0.369 e. The van der Waals surface area contributed by atoms with E-state index < -0.39 is 0 Å². The molecule has 2 heterocycles. The van der Waals surface area contributed by atoms with Crippen LogP contribution in [0.3, 0.4) is 0 Å².